The monoisotopic (exact) mass is 432 g/mol. The number of hydrogen-bond acceptors (Lipinski definition) is 2. The first kappa shape index (κ1) is 24.1. The number of hydrogen-bond donors (Lipinski definition) is 2. The predicted octanol–water partition coefficient (Wildman–Crippen LogP) is 7.36. The summed E-state index contributed by atoms with van der Waals surface area (Å²) in [5.41, 5.74) is 0.0808. The van der Waals surface area contributed by atoms with Crippen molar-refractivity contribution in [3.63, 3.8) is 0 Å². The van der Waals surface area contributed by atoms with Gasteiger partial charge in [-0.05, 0) is 137 Å². The largest absolute Gasteiger partial charge is 0.390 e. The smallest absolute Gasteiger partial charge is 0.0622 e. The summed E-state index contributed by atoms with van der Waals surface area (Å²) in [6.45, 7) is 14.1. The molecular weight excluding hydrogens is 380 g/mol. The van der Waals surface area contributed by atoms with Gasteiger partial charge in [0.25, 0.3) is 0 Å². The average molecular weight is 433 g/mol. The molecule has 0 aromatic rings. The Hall–Kier alpha value is -0.0800. The summed E-state index contributed by atoms with van der Waals surface area (Å²) in [6.07, 6.45) is 15.9. The van der Waals surface area contributed by atoms with Crippen LogP contribution in [0, 0.1) is 46.3 Å². The summed E-state index contributed by atoms with van der Waals surface area (Å²) in [5, 5.41) is 21.4. The van der Waals surface area contributed by atoms with Crippen molar-refractivity contribution in [2.75, 3.05) is 0 Å². The van der Waals surface area contributed by atoms with E-state index in [4.69, 9.17) is 0 Å². The van der Waals surface area contributed by atoms with Gasteiger partial charge in [0.1, 0.15) is 0 Å². The highest BCUT2D eigenvalue weighted by Crippen LogP contribution is 2.68. The molecule has 4 saturated carbocycles. The van der Waals surface area contributed by atoms with E-state index in [1.54, 1.807) is 0 Å². The Balaban J connectivity index is 1.45. The minimum absolute atomic E-state index is 0.424. The fourth-order valence-electron chi connectivity index (χ4n) is 9.81. The molecule has 0 aromatic heterocycles. The van der Waals surface area contributed by atoms with E-state index < -0.39 is 11.2 Å². The summed E-state index contributed by atoms with van der Waals surface area (Å²) in [5.74, 6) is 5.03. The first-order valence-electron chi connectivity index (χ1n) is 13.9. The second kappa shape index (κ2) is 8.30. The maximum absolute atomic E-state index is 10.7. The van der Waals surface area contributed by atoms with Crippen LogP contribution in [0.2, 0.25) is 0 Å². The number of rotatable bonds is 6. The maximum Gasteiger partial charge on any atom is 0.0622 e. The lowest BCUT2D eigenvalue weighted by atomic mass is 9.43. The fourth-order valence-corrected chi connectivity index (χ4v) is 9.81. The van der Waals surface area contributed by atoms with Crippen molar-refractivity contribution >= 4 is 0 Å². The molecule has 0 radical (unpaired) electrons. The van der Waals surface area contributed by atoms with Gasteiger partial charge in [-0.3, -0.25) is 0 Å². The Morgan fingerprint density at radius 3 is 2.32 bits per heavy atom. The highest BCUT2D eigenvalue weighted by atomic mass is 16.3. The standard InChI is InChI=1S/C29H52O2/c1-7-14-26(3,30)15-12-20(2)23-10-11-24-22-9-8-21-19-27(4,31)17-18-28(21,5)25(22)13-16-29(23,24)6/h20-25,30-31H,7-19H2,1-6H3/t20-,21+,22+,23?,24+,25+,26+,27+,28+,29-/m1/s1. The van der Waals surface area contributed by atoms with Gasteiger partial charge < -0.3 is 10.2 Å². The lowest BCUT2D eigenvalue weighted by Crippen LogP contribution is -2.55. The fraction of sp³-hybridized carbons (Fsp3) is 1.00. The molecule has 4 rings (SSSR count). The number of fused-ring (bicyclic) bond motifs is 5. The highest BCUT2D eigenvalue weighted by Gasteiger charge is 2.61. The summed E-state index contributed by atoms with van der Waals surface area (Å²) in [6, 6.07) is 0. The Bertz CT molecular complexity index is 639. The van der Waals surface area contributed by atoms with Gasteiger partial charge in [0, 0.05) is 0 Å². The van der Waals surface area contributed by atoms with E-state index in [0.717, 1.165) is 67.6 Å². The van der Waals surface area contributed by atoms with Gasteiger partial charge >= 0.3 is 0 Å². The van der Waals surface area contributed by atoms with Crippen LogP contribution in [0.5, 0.6) is 0 Å². The van der Waals surface area contributed by atoms with Crippen LogP contribution in [0.1, 0.15) is 125 Å². The minimum Gasteiger partial charge on any atom is -0.390 e. The molecule has 0 aliphatic heterocycles. The molecule has 4 fully saturated rings. The molecule has 4 aliphatic carbocycles. The maximum atomic E-state index is 10.7. The average Bonchev–Trinajstić information content (AvgIpc) is 3.04. The van der Waals surface area contributed by atoms with E-state index in [9.17, 15) is 10.2 Å². The third-order valence-corrected chi connectivity index (χ3v) is 11.6. The van der Waals surface area contributed by atoms with Crippen molar-refractivity contribution < 1.29 is 10.2 Å². The molecule has 0 bridgehead atoms. The van der Waals surface area contributed by atoms with Crippen molar-refractivity contribution in [2.24, 2.45) is 46.3 Å². The van der Waals surface area contributed by atoms with Crippen molar-refractivity contribution in [2.45, 2.75) is 136 Å². The SMILES string of the molecule is CCC[C@](C)(O)CC[C@@H](C)C1CC[C@H]2[C@@H]3CC[C@H]4C[C@@](C)(O)CC[C@]4(C)[C@H]3CC[C@]12C. The van der Waals surface area contributed by atoms with Crippen LogP contribution in [0.15, 0.2) is 0 Å². The van der Waals surface area contributed by atoms with Crippen LogP contribution in [0.3, 0.4) is 0 Å². The van der Waals surface area contributed by atoms with Gasteiger partial charge in [0.15, 0.2) is 0 Å². The quantitative estimate of drug-likeness (QED) is 0.460. The van der Waals surface area contributed by atoms with Gasteiger partial charge in [-0.25, -0.2) is 0 Å². The molecule has 180 valence electrons. The molecule has 2 heteroatoms. The minimum atomic E-state index is -0.477. The lowest BCUT2D eigenvalue weighted by molar-refractivity contribution is -0.148. The zero-order chi connectivity index (χ0) is 22.7. The van der Waals surface area contributed by atoms with Crippen LogP contribution >= 0.6 is 0 Å². The van der Waals surface area contributed by atoms with Gasteiger partial charge in [0.05, 0.1) is 11.2 Å². The van der Waals surface area contributed by atoms with Crippen LogP contribution in [0.25, 0.3) is 0 Å². The summed E-state index contributed by atoms with van der Waals surface area (Å²) >= 11 is 0. The van der Waals surface area contributed by atoms with Crippen LogP contribution < -0.4 is 0 Å². The third kappa shape index (κ3) is 4.27. The second-order valence-electron chi connectivity index (χ2n) is 13.8. The second-order valence-corrected chi connectivity index (χ2v) is 13.8. The highest BCUT2D eigenvalue weighted by molar-refractivity contribution is 5.10. The van der Waals surface area contributed by atoms with Crippen molar-refractivity contribution in [3.05, 3.63) is 0 Å². The number of aliphatic hydroxyl groups is 2. The first-order chi connectivity index (χ1) is 14.4. The zero-order valence-corrected chi connectivity index (χ0v) is 21.6. The molecule has 31 heavy (non-hydrogen) atoms. The van der Waals surface area contributed by atoms with Crippen LogP contribution in [-0.2, 0) is 0 Å². The Labute approximate surface area is 193 Å². The Morgan fingerprint density at radius 1 is 0.903 bits per heavy atom. The van der Waals surface area contributed by atoms with Crippen LogP contribution in [-0.4, -0.2) is 21.4 Å². The molecule has 0 amide bonds. The molecule has 0 spiro atoms. The molecule has 4 aliphatic rings. The van der Waals surface area contributed by atoms with Gasteiger partial charge in [-0.1, -0.05) is 34.1 Å². The van der Waals surface area contributed by atoms with Gasteiger partial charge in [0.2, 0.25) is 0 Å². The van der Waals surface area contributed by atoms with E-state index in [-0.39, 0.29) is 0 Å². The van der Waals surface area contributed by atoms with Crippen molar-refractivity contribution in [3.8, 4) is 0 Å². The topological polar surface area (TPSA) is 40.5 Å². The Kier molecular flexibility index (Phi) is 6.44. The van der Waals surface area contributed by atoms with E-state index in [2.05, 4.69) is 34.6 Å². The normalized spacial score (nSPS) is 50.1. The molecule has 2 nitrogen and oxygen atoms in total. The summed E-state index contributed by atoms with van der Waals surface area (Å²) in [7, 11) is 0. The first-order valence-corrected chi connectivity index (χ1v) is 13.9. The van der Waals surface area contributed by atoms with Crippen LogP contribution in [0.4, 0.5) is 0 Å². The zero-order valence-electron chi connectivity index (χ0n) is 21.6. The molecule has 0 saturated heterocycles. The molecular formula is C29H52O2. The molecule has 2 N–H and O–H groups in total. The third-order valence-electron chi connectivity index (χ3n) is 11.6. The lowest BCUT2D eigenvalue weighted by Gasteiger charge is -2.62. The molecule has 0 heterocycles. The van der Waals surface area contributed by atoms with Gasteiger partial charge in [-0.2, -0.15) is 0 Å². The van der Waals surface area contributed by atoms with Crippen molar-refractivity contribution in [1.29, 1.82) is 0 Å². The molecule has 1 unspecified atom stereocenters. The van der Waals surface area contributed by atoms with Gasteiger partial charge in [-0.15, -0.1) is 0 Å². The van der Waals surface area contributed by atoms with E-state index in [1.807, 2.05) is 6.92 Å². The van der Waals surface area contributed by atoms with E-state index in [1.165, 1.54) is 51.4 Å². The molecule has 10 atom stereocenters. The predicted molar refractivity (Wildman–Crippen MR) is 130 cm³/mol. The Morgan fingerprint density at radius 2 is 1.61 bits per heavy atom. The van der Waals surface area contributed by atoms with E-state index >= 15 is 0 Å². The summed E-state index contributed by atoms with van der Waals surface area (Å²) < 4.78 is 0. The molecule has 0 aromatic carbocycles. The summed E-state index contributed by atoms with van der Waals surface area (Å²) in [4.78, 5) is 0. The van der Waals surface area contributed by atoms with Crippen molar-refractivity contribution in [1.82, 2.24) is 0 Å². The van der Waals surface area contributed by atoms with E-state index in [0.29, 0.717) is 10.8 Å².